The van der Waals surface area contributed by atoms with E-state index in [1.807, 2.05) is 23.6 Å². The normalized spacial score (nSPS) is 11.3. The molecule has 1 amide bonds. The number of aromatic nitrogens is 1. The Bertz CT molecular complexity index is 968. The number of carbonyl (C=O) groups excluding carboxylic acids is 1. The molecule has 9 heteroatoms. The van der Waals surface area contributed by atoms with Gasteiger partial charge in [0.2, 0.25) is 0 Å². The van der Waals surface area contributed by atoms with Crippen molar-refractivity contribution in [2.24, 2.45) is 0 Å². The van der Waals surface area contributed by atoms with Crippen LogP contribution in [-0.2, 0) is 10.7 Å². The van der Waals surface area contributed by atoms with Gasteiger partial charge in [-0.3, -0.25) is 14.3 Å². The van der Waals surface area contributed by atoms with E-state index in [1.165, 1.54) is 18.3 Å². The van der Waals surface area contributed by atoms with Gasteiger partial charge in [0.05, 0.1) is 28.8 Å². The van der Waals surface area contributed by atoms with Gasteiger partial charge in [0, 0.05) is 11.1 Å². The standard InChI is InChI=1S/C17H16N3O4PS/c18-14-6-4-11(16-2-1-7-26-16)8-15(14)20-17(21)12-3-5-13(19-9-12)10-25(22,23)24/h1-9H,10,18H2,(H,20,21)(H2,22,23,24). The van der Waals surface area contributed by atoms with Gasteiger partial charge >= 0.3 is 7.60 Å². The summed E-state index contributed by atoms with van der Waals surface area (Å²) < 4.78 is 11.0. The summed E-state index contributed by atoms with van der Waals surface area (Å²) >= 11 is 1.58. The number of hydrogen-bond acceptors (Lipinski definition) is 5. The van der Waals surface area contributed by atoms with Crippen molar-refractivity contribution in [1.82, 2.24) is 4.98 Å². The quantitative estimate of drug-likeness (QED) is 0.392. The average Bonchev–Trinajstić information content (AvgIpc) is 3.10. The number of nitrogens with one attached hydrogen (secondary N) is 1. The van der Waals surface area contributed by atoms with Crippen LogP contribution < -0.4 is 11.1 Å². The molecule has 0 spiro atoms. The Morgan fingerprint density at radius 3 is 2.65 bits per heavy atom. The maximum Gasteiger partial charge on any atom is 0.331 e. The van der Waals surface area contributed by atoms with Crippen LogP contribution >= 0.6 is 18.9 Å². The molecule has 2 aromatic heterocycles. The summed E-state index contributed by atoms with van der Waals surface area (Å²) in [6.45, 7) is 0. The maximum absolute atomic E-state index is 12.4. The highest BCUT2D eigenvalue weighted by atomic mass is 32.1. The first-order chi connectivity index (χ1) is 12.3. The molecule has 0 aliphatic heterocycles. The Balaban J connectivity index is 1.77. The smallest absolute Gasteiger partial charge is 0.331 e. The molecular weight excluding hydrogens is 373 g/mol. The summed E-state index contributed by atoms with van der Waals surface area (Å²) in [4.78, 5) is 35.3. The van der Waals surface area contributed by atoms with Gasteiger partial charge in [0.15, 0.2) is 0 Å². The van der Waals surface area contributed by atoms with E-state index in [4.69, 9.17) is 15.5 Å². The summed E-state index contributed by atoms with van der Waals surface area (Å²) in [7, 11) is -4.20. The summed E-state index contributed by atoms with van der Waals surface area (Å²) in [5.41, 5.74) is 8.30. The Labute approximate surface area is 153 Å². The Kier molecular flexibility index (Phi) is 5.20. The van der Waals surface area contributed by atoms with E-state index >= 15 is 0 Å². The molecule has 0 aliphatic rings. The highest BCUT2D eigenvalue weighted by Gasteiger charge is 2.16. The van der Waals surface area contributed by atoms with Crippen molar-refractivity contribution in [3.05, 3.63) is 65.3 Å². The largest absolute Gasteiger partial charge is 0.397 e. The topological polar surface area (TPSA) is 126 Å². The molecule has 0 unspecified atom stereocenters. The van der Waals surface area contributed by atoms with Crippen LogP contribution in [-0.4, -0.2) is 20.7 Å². The number of amides is 1. The average molecular weight is 389 g/mol. The number of nitrogens with two attached hydrogens (primary N) is 1. The third kappa shape index (κ3) is 4.56. The van der Waals surface area contributed by atoms with Gasteiger partial charge in [0.25, 0.3) is 5.91 Å². The predicted molar refractivity (Wildman–Crippen MR) is 102 cm³/mol. The second-order valence-electron chi connectivity index (χ2n) is 5.59. The predicted octanol–water partition coefficient (Wildman–Crippen LogP) is 3.32. The van der Waals surface area contributed by atoms with Crippen LogP contribution in [0.1, 0.15) is 16.1 Å². The van der Waals surface area contributed by atoms with Crippen LogP contribution in [0.4, 0.5) is 11.4 Å². The molecule has 3 aromatic rings. The first-order valence-corrected chi connectivity index (χ1v) is 10.2. The Hall–Kier alpha value is -2.51. The molecule has 0 radical (unpaired) electrons. The lowest BCUT2D eigenvalue weighted by Gasteiger charge is -2.10. The van der Waals surface area contributed by atoms with Crippen LogP contribution in [0.15, 0.2) is 54.0 Å². The molecule has 0 aliphatic carbocycles. The number of benzene rings is 1. The molecule has 0 saturated heterocycles. The third-order valence-electron chi connectivity index (χ3n) is 3.56. The Morgan fingerprint density at radius 1 is 1.23 bits per heavy atom. The Morgan fingerprint density at radius 2 is 2.04 bits per heavy atom. The molecule has 0 atom stereocenters. The van der Waals surface area contributed by atoms with E-state index in [0.29, 0.717) is 11.4 Å². The van der Waals surface area contributed by atoms with E-state index in [0.717, 1.165) is 10.4 Å². The number of pyridine rings is 1. The van der Waals surface area contributed by atoms with Crippen molar-refractivity contribution in [2.45, 2.75) is 6.16 Å². The molecule has 2 heterocycles. The number of anilines is 2. The van der Waals surface area contributed by atoms with Crippen molar-refractivity contribution < 1.29 is 19.1 Å². The van der Waals surface area contributed by atoms with Crippen LogP contribution in [0.25, 0.3) is 10.4 Å². The van der Waals surface area contributed by atoms with Crippen molar-refractivity contribution >= 4 is 36.2 Å². The first kappa shape index (κ1) is 18.3. The molecule has 7 nitrogen and oxygen atoms in total. The fraction of sp³-hybridized carbons (Fsp3) is 0.0588. The number of nitrogen functional groups attached to an aromatic ring is 1. The summed E-state index contributed by atoms with van der Waals surface area (Å²) in [6, 6.07) is 12.2. The van der Waals surface area contributed by atoms with Gasteiger partial charge in [-0.2, -0.15) is 0 Å². The van der Waals surface area contributed by atoms with Crippen molar-refractivity contribution in [3.63, 3.8) is 0 Å². The van der Waals surface area contributed by atoms with Gasteiger partial charge in [-0.05, 0) is 41.3 Å². The lowest BCUT2D eigenvalue weighted by atomic mass is 10.1. The highest BCUT2D eigenvalue weighted by molar-refractivity contribution is 7.50. The van der Waals surface area contributed by atoms with E-state index < -0.39 is 19.7 Å². The minimum Gasteiger partial charge on any atom is -0.397 e. The van der Waals surface area contributed by atoms with Gasteiger partial charge in [0.1, 0.15) is 0 Å². The maximum atomic E-state index is 12.4. The molecule has 0 bridgehead atoms. The molecule has 26 heavy (non-hydrogen) atoms. The number of rotatable bonds is 5. The minimum absolute atomic E-state index is 0.217. The summed E-state index contributed by atoms with van der Waals surface area (Å²) in [5.74, 6) is -0.407. The zero-order valence-electron chi connectivity index (χ0n) is 13.5. The second-order valence-corrected chi connectivity index (χ2v) is 8.19. The van der Waals surface area contributed by atoms with Gasteiger partial charge < -0.3 is 20.8 Å². The molecular formula is C17H16N3O4PS. The van der Waals surface area contributed by atoms with Crippen LogP contribution in [0, 0.1) is 0 Å². The van der Waals surface area contributed by atoms with Crippen LogP contribution in [0.5, 0.6) is 0 Å². The molecule has 5 N–H and O–H groups in total. The van der Waals surface area contributed by atoms with Crippen LogP contribution in [0.3, 0.4) is 0 Å². The minimum atomic E-state index is -4.20. The number of hydrogen-bond donors (Lipinski definition) is 4. The summed E-state index contributed by atoms with van der Waals surface area (Å²) in [5, 5.41) is 4.71. The molecule has 134 valence electrons. The first-order valence-electron chi connectivity index (χ1n) is 7.56. The van der Waals surface area contributed by atoms with Gasteiger partial charge in [-0.1, -0.05) is 12.1 Å². The molecule has 1 aromatic carbocycles. The zero-order chi connectivity index (χ0) is 18.7. The second kappa shape index (κ2) is 7.39. The number of carbonyl (C=O) groups is 1. The fourth-order valence-corrected chi connectivity index (χ4v) is 3.65. The molecule has 0 fully saturated rings. The van der Waals surface area contributed by atoms with Gasteiger partial charge in [-0.25, -0.2) is 0 Å². The number of nitrogens with zero attached hydrogens (tertiary/aromatic N) is 1. The number of thiophene rings is 1. The SMILES string of the molecule is Nc1ccc(-c2cccs2)cc1NC(=O)c1ccc(CP(=O)(O)O)nc1. The fourth-order valence-electron chi connectivity index (χ4n) is 2.32. The van der Waals surface area contributed by atoms with E-state index in [2.05, 4.69) is 10.3 Å². The zero-order valence-corrected chi connectivity index (χ0v) is 15.2. The van der Waals surface area contributed by atoms with Crippen molar-refractivity contribution in [3.8, 4) is 10.4 Å². The third-order valence-corrected chi connectivity index (χ3v) is 5.22. The van der Waals surface area contributed by atoms with E-state index in [1.54, 1.807) is 23.5 Å². The monoisotopic (exact) mass is 389 g/mol. The lowest BCUT2D eigenvalue weighted by molar-refractivity contribution is 0.102. The van der Waals surface area contributed by atoms with E-state index in [9.17, 15) is 9.36 Å². The van der Waals surface area contributed by atoms with Gasteiger partial charge in [-0.15, -0.1) is 11.3 Å². The molecule has 3 rings (SSSR count). The molecule has 0 saturated carbocycles. The van der Waals surface area contributed by atoms with E-state index in [-0.39, 0.29) is 11.3 Å². The lowest BCUT2D eigenvalue weighted by Crippen LogP contribution is -2.13. The van der Waals surface area contributed by atoms with Crippen molar-refractivity contribution in [1.29, 1.82) is 0 Å². The van der Waals surface area contributed by atoms with Crippen molar-refractivity contribution in [2.75, 3.05) is 11.1 Å². The highest BCUT2D eigenvalue weighted by Crippen LogP contribution is 2.38. The van der Waals surface area contributed by atoms with Crippen LogP contribution in [0.2, 0.25) is 0 Å². The summed E-state index contributed by atoms with van der Waals surface area (Å²) in [6.07, 6.45) is 0.810.